The molecule has 1 amide bonds. The fourth-order valence-electron chi connectivity index (χ4n) is 2.48. The molecule has 2 N–H and O–H groups in total. The molecule has 1 fully saturated rings. The van der Waals surface area contributed by atoms with Crippen molar-refractivity contribution < 1.29 is 9.90 Å². The first kappa shape index (κ1) is 13.9. The first-order chi connectivity index (χ1) is 9.15. The van der Waals surface area contributed by atoms with E-state index in [2.05, 4.69) is 5.32 Å². The van der Waals surface area contributed by atoms with E-state index in [1.165, 1.54) is 5.56 Å². The fraction of sp³-hybridized carbons (Fsp3) is 0.533. The third kappa shape index (κ3) is 4.24. The molecule has 1 saturated heterocycles. The summed E-state index contributed by atoms with van der Waals surface area (Å²) in [5, 5.41) is 12.8. The van der Waals surface area contributed by atoms with E-state index in [0.29, 0.717) is 11.8 Å². The Kier molecular flexibility index (Phi) is 4.80. The second kappa shape index (κ2) is 6.57. The monoisotopic (exact) mass is 262 g/mol. The van der Waals surface area contributed by atoms with Crippen LogP contribution in [0.4, 0.5) is 0 Å². The highest BCUT2D eigenvalue weighted by Gasteiger charge is 2.19. The van der Waals surface area contributed by atoms with E-state index in [4.69, 9.17) is 0 Å². The zero-order valence-electron chi connectivity index (χ0n) is 11.4. The maximum Gasteiger partial charge on any atom is 0.219 e. The molecule has 104 valence electrons. The molecule has 19 heavy (non-hydrogen) atoms. The van der Waals surface area contributed by atoms with E-state index in [9.17, 15) is 9.90 Å². The summed E-state index contributed by atoms with van der Waals surface area (Å²) in [6.07, 6.45) is 3.04. The summed E-state index contributed by atoms with van der Waals surface area (Å²) in [7, 11) is 0. The van der Waals surface area contributed by atoms with Gasteiger partial charge in [0.05, 0.1) is 0 Å². The molecule has 0 atom stereocenters. The van der Waals surface area contributed by atoms with Crippen molar-refractivity contribution in [2.45, 2.75) is 32.2 Å². The smallest absolute Gasteiger partial charge is 0.219 e. The van der Waals surface area contributed by atoms with Crippen molar-refractivity contribution in [3.05, 3.63) is 29.8 Å². The normalized spacial score (nSPS) is 16.6. The van der Waals surface area contributed by atoms with Gasteiger partial charge in [-0.05, 0) is 43.5 Å². The van der Waals surface area contributed by atoms with Crippen LogP contribution in [0.15, 0.2) is 24.3 Å². The highest BCUT2D eigenvalue weighted by atomic mass is 16.3. The van der Waals surface area contributed by atoms with Crippen molar-refractivity contribution in [1.82, 2.24) is 10.2 Å². The molecule has 0 unspecified atom stereocenters. The average Bonchev–Trinajstić information content (AvgIpc) is 2.41. The summed E-state index contributed by atoms with van der Waals surface area (Å²) in [6, 6.07) is 7.87. The van der Waals surface area contributed by atoms with Crippen LogP contribution in [0.2, 0.25) is 0 Å². The third-order valence-corrected chi connectivity index (χ3v) is 3.72. The lowest BCUT2D eigenvalue weighted by atomic mass is 10.0. The quantitative estimate of drug-likeness (QED) is 0.865. The molecule has 1 aliphatic rings. The van der Waals surface area contributed by atoms with Gasteiger partial charge in [-0.1, -0.05) is 12.1 Å². The largest absolute Gasteiger partial charge is 0.508 e. The van der Waals surface area contributed by atoms with Gasteiger partial charge in [0.15, 0.2) is 0 Å². The Hall–Kier alpha value is -1.55. The molecule has 4 heteroatoms. The number of rotatable bonds is 4. The molecule has 0 spiro atoms. The predicted octanol–water partition coefficient (Wildman–Crippen LogP) is 1.54. The van der Waals surface area contributed by atoms with Crippen molar-refractivity contribution in [3.8, 4) is 5.75 Å². The number of phenols is 1. The van der Waals surface area contributed by atoms with E-state index < -0.39 is 0 Å². The number of amides is 1. The predicted molar refractivity (Wildman–Crippen MR) is 75.1 cm³/mol. The van der Waals surface area contributed by atoms with E-state index in [1.54, 1.807) is 19.1 Å². The number of hydrogen-bond acceptors (Lipinski definition) is 3. The van der Waals surface area contributed by atoms with Crippen LogP contribution in [0.1, 0.15) is 25.3 Å². The van der Waals surface area contributed by atoms with Crippen molar-refractivity contribution in [2.24, 2.45) is 0 Å². The van der Waals surface area contributed by atoms with Crippen LogP contribution in [-0.2, 0) is 11.2 Å². The number of aromatic hydroxyl groups is 1. The molecule has 0 radical (unpaired) electrons. The topological polar surface area (TPSA) is 52.6 Å². The Morgan fingerprint density at radius 1 is 1.32 bits per heavy atom. The molecular formula is C15H22N2O2. The Morgan fingerprint density at radius 2 is 1.95 bits per heavy atom. The number of carbonyl (C=O) groups is 1. The van der Waals surface area contributed by atoms with Gasteiger partial charge < -0.3 is 15.3 Å². The molecular weight excluding hydrogens is 240 g/mol. The summed E-state index contributed by atoms with van der Waals surface area (Å²) in [5.41, 5.74) is 1.23. The Balaban J connectivity index is 1.67. The molecule has 1 aliphatic heterocycles. The minimum absolute atomic E-state index is 0.183. The van der Waals surface area contributed by atoms with Gasteiger partial charge in [-0.25, -0.2) is 0 Å². The molecule has 1 aromatic rings. The second-order valence-electron chi connectivity index (χ2n) is 5.15. The minimum Gasteiger partial charge on any atom is -0.508 e. The van der Waals surface area contributed by atoms with Gasteiger partial charge in [0.2, 0.25) is 5.91 Å². The van der Waals surface area contributed by atoms with Gasteiger partial charge >= 0.3 is 0 Å². The van der Waals surface area contributed by atoms with Crippen LogP contribution in [0.5, 0.6) is 5.75 Å². The number of nitrogens with one attached hydrogen (secondary N) is 1. The Labute approximate surface area is 114 Å². The van der Waals surface area contributed by atoms with Crippen LogP contribution in [0.3, 0.4) is 0 Å². The number of nitrogens with zero attached hydrogens (tertiary/aromatic N) is 1. The Morgan fingerprint density at radius 3 is 2.53 bits per heavy atom. The Bertz CT molecular complexity index is 409. The summed E-state index contributed by atoms with van der Waals surface area (Å²) in [4.78, 5) is 13.1. The van der Waals surface area contributed by atoms with Crippen molar-refractivity contribution >= 4 is 5.91 Å². The molecule has 1 heterocycles. The van der Waals surface area contributed by atoms with E-state index in [0.717, 1.165) is 38.9 Å². The van der Waals surface area contributed by atoms with E-state index in [-0.39, 0.29) is 5.91 Å². The molecule has 1 aromatic carbocycles. The lowest BCUT2D eigenvalue weighted by Crippen LogP contribution is -2.44. The maximum absolute atomic E-state index is 11.2. The fourth-order valence-corrected chi connectivity index (χ4v) is 2.48. The summed E-state index contributed by atoms with van der Waals surface area (Å²) in [6.45, 7) is 4.31. The number of phenolic OH excluding ortho intramolecular Hbond substituents is 1. The summed E-state index contributed by atoms with van der Waals surface area (Å²) < 4.78 is 0. The van der Waals surface area contributed by atoms with E-state index in [1.807, 2.05) is 17.0 Å². The number of carbonyl (C=O) groups excluding carboxylic acids is 1. The molecule has 4 nitrogen and oxygen atoms in total. The zero-order chi connectivity index (χ0) is 13.7. The first-order valence-corrected chi connectivity index (χ1v) is 6.92. The highest BCUT2D eigenvalue weighted by Crippen LogP contribution is 2.12. The van der Waals surface area contributed by atoms with Gasteiger partial charge in [0.1, 0.15) is 5.75 Å². The minimum atomic E-state index is 0.183. The first-order valence-electron chi connectivity index (χ1n) is 6.92. The van der Waals surface area contributed by atoms with Gasteiger partial charge in [0, 0.05) is 26.1 Å². The maximum atomic E-state index is 11.2. The van der Waals surface area contributed by atoms with Crippen molar-refractivity contribution in [3.63, 3.8) is 0 Å². The van der Waals surface area contributed by atoms with Crippen LogP contribution in [0.25, 0.3) is 0 Å². The molecule has 2 rings (SSSR count). The highest BCUT2D eigenvalue weighted by molar-refractivity contribution is 5.73. The second-order valence-corrected chi connectivity index (χ2v) is 5.15. The van der Waals surface area contributed by atoms with Crippen molar-refractivity contribution in [1.29, 1.82) is 0 Å². The van der Waals surface area contributed by atoms with Gasteiger partial charge in [0.25, 0.3) is 0 Å². The molecule has 0 aliphatic carbocycles. The van der Waals surface area contributed by atoms with Crippen LogP contribution >= 0.6 is 0 Å². The summed E-state index contributed by atoms with van der Waals surface area (Å²) in [5.74, 6) is 0.496. The summed E-state index contributed by atoms with van der Waals surface area (Å²) >= 11 is 0. The van der Waals surface area contributed by atoms with Crippen LogP contribution in [-0.4, -0.2) is 41.6 Å². The third-order valence-electron chi connectivity index (χ3n) is 3.72. The lowest BCUT2D eigenvalue weighted by molar-refractivity contribution is -0.129. The van der Waals surface area contributed by atoms with Crippen molar-refractivity contribution in [2.75, 3.05) is 19.6 Å². The van der Waals surface area contributed by atoms with Gasteiger partial charge in [-0.3, -0.25) is 4.79 Å². The zero-order valence-corrected chi connectivity index (χ0v) is 11.4. The lowest BCUT2D eigenvalue weighted by Gasteiger charge is -2.31. The van der Waals surface area contributed by atoms with Crippen LogP contribution in [0, 0.1) is 0 Å². The number of benzene rings is 1. The number of likely N-dealkylation sites (tertiary alicyclic amines) is 1. The SMILES string of the molecule is CC(=O)N1CCC(NCCc2ccc(O)cc2)CC1. The number of hydrogen-bond donors (Lipinski definition) is 2. The molecule has 0 saturated carbocycles. The molecule has 0 aromatic heterocycles. The van der Waals surface area contributed by atoms with E-state index >= 15 is 0 Å². The molecule has 0 bridgehead atoms. The van der Waals surface area contributed by atoms with Crippen LogP contribution < -0.4 is 5.32 Å². The average molecular weight is 262 g/mol. The van der Waals surface area contributed by atoms with Gasteiger partial charge in [-0.15, -0.1) is 0 Å². The van der Waals surface area contributed by atoms with Gasteiger partial charge in [-0.2, -0.15) is 0 Å². The number of piperidine rings is 1. The standard InChI is InChI=1S/C15H22N2O2/c1-12(18)17-10-7-14(8-11-17)16-9-6-13-2-4-15(19)5-3-13/h2-5,14,16,19H,6-11H2,1H3.